The third-order valence-electron chi connectivity index (χ3n) is 2.39. The zero-order valence-electron chi connectivity index (χ0n) is 11.3. The number of hydrogen-bond acceptors (Lipinski definition) is 6. The van der Waals surface area contributed by atoms with Gasteiger partial charge in [-0.05, 0) is 13.3 Å². The molecule has 1 amide bonds. The van der Waals surface area contributed by atoms with Gasteiger partial charge in [0.2, 0.25) is 0 Å². The minimum Gasteiger partial charge on any atom is -0.462 e. The molecule has 0 aliphatic carbocycles. The molecule has 19 heavy (non-hydrogen) atoms. The summed E-state index contributed by atoms with van der Waals surface area (Å²) in [6, 6.07) is 0. The van der Waals surface area contributed by atoms with E-state index in [1.54, 1.807) is 6.92 Å². The molecule has 0 radical (unpaired) electrons. The minimum atomic E-state index is -0.509. The van der Waals surface area contributed by atoms with Crippen LogP contribution >= 0.6 is 11.3 Å². The molecule has 4 N–H and O–H groups in total. The number of carbonyl (C=O) groups excluding carboxylic acids is 2. The number of esters is 1. The van der Waals surface area contributed by atoms with Crippen LogP contribution < -0.4 is 16.4 Å². The Hall–Kier alpha value is -1.76. The van der Waals surface area contributed by atoms with Gasteiger partial charge < -0.3 is 21.1 Å². The van der Waals surface area contributed by atoms with Gasteiger partial charge >= 0.3 is 5.97 Å². The maximum Gasteiger partial charge on any atom is 0.343 e. The highest BCUT2D eigenvalue weighted by atomic mass is 32.1. The Morgan fingerprint density at radius 1 is 1.37 bits per heavy atom. The van der Waals surface area contributed by atoms with Crippen LogP contribution in [0.3, 0.4) is 0 Å². The molecule has 0 unspecified atom stereocenters. The van der Waals surface area contributed by atoms with Crippen molar-refractivity contribution in [2.75, 3.05) is 31.2 Å². The van der Waals surface area contributed by atoms with Crippen molar-refractivity contribution in [1.82, 2.24) is 5.32 Å². The molecule has 6 nitrogen and oxygen atoms in total. The zero-order chi connectivity index (χ0) is 14.4. The molecule has 1 aromatic rings. The Morgan fingerprint density at radius 2 is 2.05 bits per heavy atom. The molecule has 1 aromatic heterocycles. The molecule has 0 bridgehead atoms. The molecule has 0 spiro atoms. The Morgan fingerprint density at radius 3 is 2.58 bits per heavy atom. The number of hydrogen-bond donors (Lipinski definition) is 3. The standard InChI is InChI=1S/C12H19N3O3S/c1-4-6-15-11-7(12(17)18-5-2)8(13)9(19-11)10(16)14-3/h15H,4-6,13H2,1-3H3,(H,14,16). The lowest BCUT2D eigenvalue weighted by Gasteiger charge is -2.06. The average molecular weight is 285 g/mol. The molecule has 0 saturated heterocycles. The zero-order valence-corrected chi connectivity index (χ0v) is 12.1. The summed E-state index contributed by atoms with van der Waals surface area (Å²) in [4.78, 5) is 23.9. The molecule has 1 heterocycles. The molecule has 0 aliphatic heterocycles. The van der Waals surface area contributed by atoms with Gasteiger partial charge in [0.05, 0.1) is 12.3 Å². The molecular weight excluding hydrogens is 266 g/mol. The largest absolute Gasteiger partial charge is 0.462 e. The van der Waals surface area contributed by atoms with Gasteiger partial charge in [-0.25, -0.2) is 4.79 Å². The second kappa shape index (κ2) is 6.98. The van der Waals surface area contributed by atoms with Gasteiger partial charge in [-0.15, -0.1) is 11.3 Å². The van der Waals surface area contributed by atoms with Gasteiger partial charge in [0.15, 0.2) is 0 Å². The summed E-state index contributed by atoms with van der Waals surface area (Å²) < 4.78 is 4.97. The minimum absolute atomic E-state index is 0.168. The second-order valence-corrected chi connectivity index (χ2v) is 4.80. The van der Waals surface area contributed by atoms with Crippen LogP contribution in [0.4, 0.5) is 10.7 Å². The van der Waals surface area contributed by atoms with Gasteiger partial charge in [-0.3, -0.25) is 4.79 Å². The van der Waals surface area contributed by atoms with E-state index in [0.717, 1.165) is 17.8 Å². The molecular formula is C12H19N3O3S. The van der Waals surface area contributed by atoms with Crippen molar-refractivity contribution in [2.45, 2.75) is 20.3 Å². The summed E-state index contributed by atoms with van der Waals surface area (Å²) >= 11 is 1.16. The van der Waals surface area contributed by atoms with Crippen molar-refractivity contribution >= 4 is 33.9 Å². The summed E-state index contributed by atoms with van der Waals surface area (Å²) in [5, 5.41) is 6.18. The highest BCUT2D eigenvalue weighted by Gasteiger charge is 2.25. The van der Waals surface area contributed by atoms with Crippen LogP contribution in [0.25, 0.3) is 0 Å². The monoisotopic (exact) mass is 285 g/mol. The van der Waals surface area contributed by atoms with E-state index in [1.807, 2.05) is 6.92 Å². The number of nitrogens with two attached hydrogens (primary N) is 1. The highest BCUT2D eigenvalue weighted by Crippen LogP contribution is 2.36. The van der Waals surface area contributed by atoms with Crippen LogP contribution in [0.2, 0.25) is 0 Å². The van der Waals surface area contributed by atoms with E-state index < -0.39 is 5.97 Å². The Labute approximate surface area is 116 Å². The molecule has 0 fully saturated rings. The summed E-state index contributed by atoms with van der Waals surface area (Å²) in [7, 11) is 1.52. The quantitative estimate of drug-likeness (QED) is 0.692. The lowest BCUT2D eigenvalue weighted by atomic mass is 10.2. The fourth-order valence-electron chi connectivity index (χ4n) is 1.50. The van der Waals surface area contributed by atoms with Crippen molar-refractivity contribution in [3.8, 4) is 0 Å². The number of anilines is 2. The SMILES string of the molecule is CCCNc1sc(C(=O)NC)c(N)c1C(=O)OCC. The predicted molar refractivity (Wildman–Crippen MR) is 76.9 cm³/mol. The molecule has 1 rings (SSSR count). The summed E-state index contributed by atoms with van der Waals surface area (Å²) in [6.45, 7) is 4.68. The summed E-state index contributed by atoms with van der Waals surface area (Å²) in [6.07, 6.45) is 0.898. The molecule has 0 atom stereocenters. The van der Waals surface area contributed by atoms with Crippen LogP contribution in [-0.4, -0.2) is 32.1 Å². The van der Waals surface area contributed by atoms with Crippen molar-refractivity contribution in [3.63, 3.8) is 0 Å². The van der Waals surface area contributed by atoms with Gasteiger partial charge in [-0.1, -0.05) is 6.92 Å². The number of nitrogens with one attached hydrogen (secondary N) is 2. The number of amides is 1. The lowest BCUT2D eigenvalue weighted by molar-refractivity contribution is 0.0529. The first-order valence-corrected chi connectivity index (χ1v) is 6.93. The molecule has 0 aliphatic rings. The third-order valence-corrected chi connectivity index (χ3v) is 3.56. The van der Waals surface area contributed by atoms with E-state index in [1.165, 1.54) is 7.05 Å². The molecule has 7 heteroatoms. The van der Waals surface area contributed by atoms with E-state index in [2.05, 4.69) is 10.6 Å². The molecule has 0 aromatic carbocycles. The highest BCUT2D eigenvalue weighted by molar-refractivity contribution is 7.19. The Kier molecular flexibility index (Phi) is 5.62. The normalized spacial score (nSPS) is 10.1. The first-order chi connectivity index (χ1) is 9.06. The fraction of sp³-hybridized carbons (Fsp3) is 0.500. The third kappa shape index (κ3) is 3.37. The van der Waals surface area contributed by atoms with Crippen molar-refractivity contribution in [1.29, 1.82) is 0 Å². The fourth-order valence-corrected chi connectivity index (χ4v) is 2.58. The number of ether oxygens (including phenoxy) is 1. The average Bonchev–Trinajstić information content (AvgIpc) is 2.72. The topological polar surface area (TPSA) is 93.5 Å². The van der Waals surface area contributed by atoms with Crippen molar-refractivity contribution in [3.05, 3.63) is 10.4 Å². The van der Waals surface area contributed by atoms with E-state index >= 15 is 0 Å². The van der Waals surface area contributed by atoms with Gasteiger partial charge in [0.1, 0.15) is 15.4 Å². The first-order valence-electron chi connectivity index (χ1n) is 6.12. The maximum absolute atomic E-state index is 11.9. The Balaban J connectivity index is 3.19. The van der Waals surface area contributed by atoms with Gasteiger partial charge in [0.25, 0.3) is 5.91 Å². The first kappa shape index (κ1) is 15.3. The Bertz CT molecular complexity index is 471. The second-order valence-electron chi connectivity index (χ2n) is 3.78. The number of nitrogen functional groups attached to an aromatic ring is 1. The summed E-state index contributed by atoms with van der Waals surface area (Å²) in [5.41, 5.74) is 6.31. The summed E-state index contributed by atoms with van der Waals surface area (Å²) in [5.74, 6) is -0.817. The molecule has 0 saturated carbocycles. The smallest absolute Gasteiger partial charge is 0.343 e. The van der Waals surface area contributed by atoms with E-state index in [-0.39, 0.29) is 23.8 Å². The van der Waals surface area contributed by atoms with Crippen LogP contribution in [0.5, 0.6) is 0 Å². The predicted octanol–water partition coefficient (Wildman–Crippen LogP) is 1.69. The van der Waals surface area contributed by atoms with Crippen LogP contribution in [0, 0.1) is 0 Å². The number of carbonyl (C=O) groups is 2. The van der Waals surface area contributed by atoms with E-state index in [9.17, 15) is 9.59 Å². The van der Waals surface area contributed by atoms with Crippen molar-refractivity contribution in [2.24, 2.45) is 0 Å². The van der Waals surface area contributed by atoms with Crippen LogP contribution in [0.1, 0.15) is 40.3 Å². The van der Waals surface area contributed by atoms with Crippen LogP contribution in [-0.2, 0) is 4.74 Å². The van der Waals surface area contributed by atoms with E-state index in [4.69, 9.17) is 10.5 Å². The van der Waals surface area contributed by atoms with Gasteiger partial charge in [0, 0.05) is 13.6 Å². The van der Waals surface area contributed by atoms with Gasteiger partial charge in [-0.2, -0.15) is 0 Å². The lowest BCUT2D eigenvalue weighted by Crippen LogP contribution is -2.18. The number of thiophene rings is 1. The molecule has 106 valence electrons. The van der Waals surface area contributed by atoms with Crippen LogP contribution in [0.15, 0.2) is 0 Å². The number of rotatable bonds is 6. The van der Waals surface area contributed by atoms with Crippen molar-refractivity contribution < 1.29 is 14.3 Å². The maximum atomic E-state index is 11.9. The van der Waals surface area contributed by atoms with E-state index in [0.29, 0.717) is 16.4 Å².